The highest BCUT2D eigenvalue weighted by Crippen LogP contribution is 2.22. The number of rotatable bonds is 5. The van der Waals surface area contributed by atoms with Crippen molar-refractivity contribution in [1.29, 1.82) is 0 Å². The maximum absolute atomic E-state index is 11.5. The molecule has 0 saturated carbocycles. The number of hydrogen-bond donors (Lipinski definition) is 2. The van der Waals surface area contributed by atoms with E-state index in [4.69, 9.17) is 15.6 Å². The number of amides is 1. The van der Waals surface area contributed by atoms with Crippen molar-refractivity contribution >= 4 is 5.91 Å². The minimum atomic E-state index is -0.818. The van der Waals surface area contributed by atoms with E-state index < -0.39 is 12.0 Å². The Kier molecular flexibility index (Phi) is 4.15. The monoisotopic (exact) mass is 257 g/mol. The zero-order valence-corrected chi connectivity index (χ0v) is 10.3. The van der Waals surface area contributed by atoms with Crippen molar-refractivity contribution in [2.45, 2.75) is 12.7 Å². The fourth-order valence-corrected chi connectivity index (χ4v) is 1.73. The number of aliphatic hydroxyl groups excluding tert-OH is 1. The van der Waals surface area contributed by atoms with Crippen LogP contribution in [0.1, 0.15) is 17.2 Å². The van der Waals surface area contributed by atoms with Crippen molar-refractivity contribution in [2.24, 2.45) is 5.73 Å². The van der Waals surface area contributed by atoms with Crippen LogP contribution in [0.25, 0.3) is 0 Å². The third-order valence-corrected chi connectivity index (χ3v) is 2.72. The van der Waals surface area contributed by atoms with E-state index in [9.17, 15) is 4.79 Å². The SMILES string of the molecule is NC(=O)C(Oc1ccc(CO)cc1)c1ccccc1. The van der Waals surface area contributed by atoms with Crippen LogP contribution in [0.2, 0.25) is 0 Å². The first-order valence-corrected chi connectivity index (χ1v) is 5.91. The van der Waals surface area contributed by atoms with Gasteiger partial charge in [-0.2, -0.15) is 0 Å². The van der Waals surface area contributed by atoms with E-state index >= 15 is 0 Å². The van der Waals surface area contributed by atoms with E-state index in [1.807, 2.05) is 18.2 Å². The van der Waals surface area contributed by atoms with Crippen LogP contribution in [0.15, 0.2) is 54.6 Å². The molecule has 3 N–H and O–H groups in total. The number of carbonyl (C=O) groups is 1. The lowest BCUT2D eigenvalue weighted by Gasteiger charge is -2.16. The van der Waals surface area contributed by atoms with Gasteiger partial charge in [0.2, 0.25) is 6.10 Å². The average molecular weight is 257 g/mol. The lowest BCUT2D eigenvalue weighted by Crippen LogP contribution is -2.26. The zero-order valence-electron chi connectivity index (χ0n) is 10.3. The molecule has 0 bridgehead atoms. The van der Waals surface area contributed by atoms with Crippen molar-refractivity contribution in [3.8, 4) is 5.75 Å². The van der Waals surface area contributed by atoms with Crippen LogP contribution in [-0.2, 0) is 11.4 Å². The van der Waals surface area contributed by atoms with E-state index in [1.54, 1.807) is 36.4 Å². The quantitative estimate of drug-likeness (QED) is 0.857. The molecule has 2 aromatic carbocycles. The fourth-order valence-electron chi connectivity index (χ4n) is 1.73. The number of ether oxygens (including phenoxy) is 1. The molecule has 98 valence electrons. The Morgan fingerprint density at radius 2 is 1.74 bits per heavy atom. The summed E-state index contributed by atoms with van der Waals surface area (Å²) < 4.78 is 5.61. The van der Waals surface area contributed by atoms with Crippen LogP contribution in [0.5, 0.6) is 5.75 Å². The predicted octanol–water partition coefficient (Wildman–Crippen LogP) is 1.78. The van der Waals surface area contributed by atoms with Gasteiger partial charge in [-0.25, -0.2) is 0 Å². The van der Waals surface area contributed by atoms with Crippen LogP contribution < -0.4 is 10.5 Å². The molecule has 0 saturated heterocycles. The molecule has 2 aromatic rings. The van der Waals surface area contributed by atoms with Gasteiger partial charge in [-0.1, -0.05) is 42.5 Å². The van der Waals surface area contributed by atoms with Gasteiger partial charge in [-0.3, -0.25) is 4.79 Å². The summed E-state index contributed by atoms with van der Waals surface area (Å²) in [7, 11) is 0. The summed E-state index contributed by atoms with van der Waals surface area (Å²) in [5.74, 6) is -0.0118. The van der Waals surface area contributed by atoms with Gasteiger partial charge in [0.05, 0.1) is 6.61 Å². The number of benzene rings is 2. The molecule has 0 aromatic heterocycles. The molecule has 0 heterocycles. The van der Waals surface area contributed by atoms with Gasteiger partial charge >= 0.3 is 0 Å². The van der Waals surface area contributed by atoms with Crippen molar-refractivity contribution < 1.29 is 14.6 Å². The summed E-state index contributed by atoms with van der Waals surface area (Å²) in [5.41, 5.74) is 6.86. The Balaban J connectivity index is 2.19. The molecule has 2 rings (SSSR count). The average Bonchev–Trinajstić information content (AvgIpc) is 2.46. The van der Waals surface area contributed by atoms with Gasteiger partial charge in [0, 0.05) is 5.56 Å². The lowest BCUT2D eigenvalue weighted by atomic mass is 10.1. The second-order valence-corrected chi connectivity index (χ2v) is 4.11. The number of carbonyl (C=O) groups excluding carboxylic acids is 1. The lowest BCUT2D eigenvalue weighted by molar-refractivity contribution is -0.125. The third-order valence-electron chi connectivity index (χ3n) is 2.72. The van der Waals surface area contributed by atoms with Gasteiger partial charge in [-0.05, 0) is 17.7 Å². The van der Waals surface area contributed by atoms with E-state index in [-0.39, 0.29) is 6.61 Å². The fraction of sp³-hybridized carbons (Fsp3) is 0.133. The minimum absolute atomic E-state index is 0.0296. The molecule has 0 fully saturated rings. The van der Waals surface area contributed by atoms with E-state index in [0.29, 0.717) is 11.3 Å². The Morgan fingerprint density at radius 1 is 1.11 bits per heavy atom. The topological polar surface area (TPSA) is 72.6 Å². The summed E-state index contributed by atoms with van der Waals surface area (Å²) in [6, 6.07) is 15.9. The molecule has 1 atom stereocenters. The molecule has 4 nitrogen and oxygen atoms in total. The maximum Gasteiger partial charge on any atom is 0.263 e. The highest BCUT2D eigenvalue weighted by atomic mass is 16.5. The van der Waals surface area contributed by atoms with E-state index in [2.05, 4.69) is 0 Å². The van der Waals surface area contributed by atoms with Gasteiger partial charge in [0.15, 0.2) is 0 Å². The Labute approximate surface area is 111 Å². The molecular weight excluding hydrogens is 242 g/mol. The first kappa shape index (κ1) is 13.1. The molecule has 0 radical (unpaired) electrons. The molecule has 0 aliphatic rings. The Bertz CT molecular complexity index is 537. The highest BCUT2D eigenvalue weighted by Gasteiger charge is 2.19. The van der Waals surface area contributed by atoms with Crippen molar-refractivity contribution in [1.82, 2.24) is 0 Å². The van der Waals surface area contributed by atoms with Crippen LogP contribution in [-0.4, -0.2) is 11.0 Å². The molecule has 19 heavy (non-hydrogen) atoms. The standard InChI is InChI=1S/C15H15NO3/c16-15(18)14(12-4-2-1-3-5-12)19-13-8-6-11(10-17)7-9-13/h1-9,14,17H,10H2,(H2,16,18). The maximum atomic E-state index is 11.5. The van der Waals surface area contributed by atoms with E-state index in [1.165, 1.54) is 0 Å². The second kappa shape index (κ2) is 6.02. The number of aliphatic hydroxyl groups is 1. The highest BCUT2D eigenvalue weighted by molar-refractivity contribution is 5.80. The molecule has 0 spiro atoms. The van der Waals surface area contributed by atoms with Crippen LogP contribution in [0.4, 0.5) is 0 Å². The molecule has 4 heteroatoms. The van der Waals surface area contributed by atoms with Crippen molar-refractivity contribution in [3.05, 3.63) is 65.7 Å². The number of hydrogen-bond acceptors (Lipinski definition) is 3. The first-order valence-electron chi connectivity index (χ1n) is 5.91. The normalized spacial score (nSPS) is 11.8. The molecule has 0 aliphatic heterocycles. The Hall–Kier alpha value is -2.33. The summed E-state index contributed by atoms with van der Waals surface area (Å²) in [6.45, 7) is -0.0296. The third kappa shape index (κ3) is 3.33. The molecule has 1 unspecified atom stereocenters. The largest absolute Gasteiger partial charge is 0.476 e. The van der Waals surface area contributed by atoms with Crippen LogP contribution >= 0.6 is 0 Å². The van der Waals surface area contributed by atoms with Gasteiger partial charge < -0.3 is 15.6 Å². The van der Waals surface area contributed by atoms with Gasteiger partial charge in [0.25, 0.3) is 5.91 Å². The molecular formula is C15H15NO3. The smallest absolute Gasteiger partial charge is 0.263 e. The predicted molar refractivity (Wildman–Crippen MR) is 71.4 cm³/mol. The van der Waals surface area contributed by atoms with E-state index in [0.717, 1.165) is 5.56 Å². The zero-order chi connectivity index (χ0) is 13.7. The van der Waals surface area contributed by atoms with Gasteiger partial charge in [-0.15, -0.1) is 0 Å². The van der Waals surface area contributed by atoms with Gasteiger partial charge in [0.1, 0.15) is 5.75 Å². The second-order valence-electron chi connectivity index (χ2n) is 4.11. The number of nitrogens with two attached hydrogens (primary N) is 1. The number of primary amides is 1. The van der Waals surface area contributed by atoms with Crippen LogP contribution in [0, 0.1) is 0 Å². The van der Waals surface area contributed by atoms with Crippen molar-refractivity contribution in [2.75, 3.05) is 0 Å². The first-order chi connectivity index (χ1) is 9.20. The summed E-state index contributed by atoms with van der Waals surface area (Å²) >= 11 is 0. The summed E-state index contributed by atoms with van der Waals surface area (Å²) in [6.07, 6.45) is -0.818. The minimum Gasteiger partial charge on any atom is -0.476 e. The summed E-state index contributed by atoms with van der Waals surface area (Å²) in [4.78, 5) is 11.5. The Morgan fingerprint density at radius 3 is 2.26 bits per heavy atom. The van der Waals surface area contributed by atoms with Crippen LogP contribution in [0.3, 0.4) is 0 Å². The molecule has 1 amide bonds. The van der Waals surface area contributed by atoms with Crippen molar-refractivity contribution in [3.63, 3.8) is 0 Å². The molecule has 0 aliphatic carbocycles. The summed E-state index contributed by atoms with van der Waals surface area (Å²) in [5, 5.41) is 8.96.